The van der Waals surface area contributed by atoms with Crippen LogP contribution < -0.4 is 10.1 Å². The summed E-state index contributed by atoms with van der Waals surface area (Å²) >= 11 is 0. The number of morpholine rings is 1. The lowest BCUT2D eigenvalue weighted by Crippen LogP contribution is -2.40. The van der Waals surface area contributed by atoms with Gasteiger partial charge in [-0.15, -0.1) is 0 Å². The smallest absolute Gasteiger partial charge is 0.243 e. The molecule has 0 unspecified atom stereocenters. The number of hydrogen-bond acceptors (Lipinski definition) is 5. The second kappa shape index (κ2) is 8.62. The van der Waals surface area contributed by atoms with E-state index in [1.54, 1.807) is 19.1 Å². The summed E-state index contributed by atoms with van der Waals surface area (Å²) in [4.78, 5) is 13.7. The summed E-state index contributed by atoms with van der Waals surface area (Å²) in [6.45, 7) is 3.13. The Kier molecular flexibility index (Phi) is 5.65. The molecule has 33 heavy (non-hydrogen) atoms. The largest absolute Gasteiger partial charge is 0.457 e. The third kappa shape index (κ3) is 4.01. The summed E-state index contributed by atoms with van der Waals surface area (Å²) in [5.41, 5.74) is 2.59. The third-order valence-electron chi connectivity index (χ3n) is 5.99. The Labute approximate surface area is 193 Å². The number of aryl methyl sites for hydroxylation is 1. The Bertz CT molecular complexity index is 1270. The van der Waals surface area contributed by atoms with Crippen LogP contribution in [-0.2, 0) is 19.6 Å². The molecule has 170 valence electrons. The molecule has 0 aliphatic carbocycles. The Morgan fingerprint density at radius 2 is 1.55 bits per heavy atom. The van der Waals surface area contributed by atoms with Gasteiger partial charge in [-0.05, 0) is 36.8 Å². The number of amides is 1. The highest BCUT2D eigenvalue weighted by Gasteiger charge is 2.33. The molecular formula is C25H24N2O5S. The van der Waals surface area contributed by atoms with Crippen molar-refractivity contribution in [2.45, 2.75) is 17.7 Å². The molecule has 0 saturated carbocycles. The van der Waals surface area contributed by atoms with E-state index in [2.05, 4.69) is 5.32 Å². The van der Waals surface area contributed by atoms with Gasteiger partial charge in [-0.2, -0.15) is 4.31 Å². The van der Waals surface area contributed by atoms with Crippen molar-refractivity contribution in [3.05, 3.63) is 83.4 Å². The summed E-state index contributed by atoms with van der Waals surface area (Å²) in [7, 11) is -3.69. The Hall–Kier alpha value is -3.20. The molecule has 2 aliphatic rings. The molecule has 5 rings (SSSR count). The van der Waals surface area contributed by atoms with Gasteiger partial charge in [0.15, 0.2) is 0 Å². The summed E-state index contributed by atoms with van der Waals surface area (Å²) in [5, 5.41) is 2.93. The highest BCUT2D eigenvalue weighted by atomic mass is 32.2. The van der Waals surface area contributed by atoms with Gasteiger partial charge in [0.1, 0.15) is 11.5 Å². The standard InChI is InChI=1S/C25H24N2O5S/c1-17-10-11-18(16-23(17)33(29,30)27-12-14-31-15-13-27)26-25(28)24-19-6-2-4-8-21(19)32-22-9-5-3-7-20(22)24/h2-11,16,24H,12-15H2,1H3,(H,26,28). The van der Waals surface area contributed by atoms with Crippen LogP contribution in [0.4, 0.5) is 5.69 Å². The highest BCUT2D eigenvalue weighted by Crippen LogP contribution is 2.44. The van der Waals surface area contributed by atoms with E-state index < -0.39 is 15.9 Å². The van der Waals surface area contributed by atoms with E-state index in [0.29, 0.717) is 49.1 Å². The predicted octanol–water partition coefficient (Wildman–Crippen LogP) is 3.89. The average Bonchev–Trinajstić information content (AvgIpc) is 2.84. The fraction of sp³-hybridized carbons (Fsp3) is 0.240. The molecule has 7 nitrogen and oxygen atoms in total. The van der Waals surface area contributed by atoms with E-state index in [-0.39, 0.29) is 10.8 Å². The molecule has 0 atom stereocenters. The van der Waals surface area contributed by atoms with Crippen molar-refractivity contribution in [3.63, 3.8) is 0 Å². The lowest BCUT2D eigenvalue weighted by Gasteiger charge is -2.28. The molecule has 0 radical (unpaired) electrons. The maximum Gasteiger partial charge on any atom is 0.243 e. The van der Waals surface area contributed by atoms with Gasteiger partial charge in [0, 0.05) is 29.9 Å². The maximum atomic E-state index is 13.5. The fourth-order valence-electron chi connectivity index (χ4n) is 4.29. The number of nitrogens with one attached hydrogen (secondary N) is 1. The van der Waals surface area contributed by atoms with Crippen molar-refractivity contribution in [2.75, 3.05) is 31.6 Å². The van der Waals surface area contributed by atoms with Gasteiger partial charge in [0.05, 0.1) is 24.0 Å². The molecule has 8 heteroatoms. The van der Waals surface area contributed by atoms with Crippen LogP contribution >= 0.6 is 0 Å². The molecule has 2 aliphatic heterocycles. The molecule has 2 heterocycles. The molecule has 1 fully saturated rings. The minimum atomic E-state index is -3.69. The lowest BCUT2D eigenvalue weighted by atomic mass is 9.87. The van der Waals surface area contributed by atoms with E-state index in [4.69, 9.17) is 9.47 Å². The molecule has 3 aromatic rings. The molecular weight excluding hydrogens is 440 g/mol. The number of ether oxygens (including phenoxy) is 2. The van der Waals surface area contributed by atoms with Crippen molar-refractivity contribution in [3.8, 4) is 11.5 Å². The van der Waals surface area contributed by atoms with Gasteiger partial charge >= 0.3 is 0 Å². The zero-order valence-corrected chi connectivity index (χ0v) is 19.0. The van der Waals surface area contributed by atoms with Gasteiger partial charge in [-0.3, -0.25) is 4.79 Å². The number of hydrogen-bond donors (Lipinski definition) is 1. The first kappa shape index (κ1) is 21.6. The van der Waals surface area contributed by atoms with Crippen LogP contribution in [0.3, 0.4) is 0 Å². The van der Waals surface area contributed by atoms with Crippen LogP contribution in [0.25, 0.3) is 0 Å². The second-order valence-corrected chi connectivity index (χ2v) is 10.0. The zero-order chi connectivity index (χ0) is 23.0. The fourth-order valence-corrected chi connectivity index (χ4v) is 5.95. The van der Waals surface area contributed by atoms with Crippen LogP contribution in [0.1, 0.15) is 22.6 Å². The van der Waals surface area contributed by atoms with E-state index in [1.807, 2.05) is 48.5 Å². The lowest BCUT2D eigenvalue weighted by molar-refractivity contribution is -0.116. The number of fused-ring (bicyclic) bond motifs is 2. The third-order valence-corrected chi connectivity index (χ3v) is 8.03. The number of carbonyl (C=O) groups is 1. The van der Waals surface area contributed by atoms with Crippen LogP contribution in [0.15, 0.2) is 71.6 Å². The summed E-state index contributed by atoms with van der Waals surface area (Å²) < 4.78 is 39.1. The Morgan fingerprint density at radius 1 is 0.939 bits per heavy atom. The van der Waals surface area contributed by atoms with Crippen LogP contribution in [0.5, 0.6) is 11.5 Å². The van der Waals surface area contributed by atoms with E-state index in [9.17, 15) is 13.2 Å². The molecule has 0 aromatic heterocycles. The minimum absolute atomic E-state index is 0.190. The SMILES string of the molecule is Cc1ccc(NC(=O)C2c3ccccc3Oc3ccccc32)cc1S(=O)(=O)N1CCOCC1. The number of benzene rings is 3. The highest BCUT2D eigenvalue weighted by molar-refractivity contribution is 7.89. The molecule has 3 aromatic carbocycles. The van der Waals surface area contributed by atoms with E-state index in [1.165, 1.54) is 10.4 Å². The topological polar surface area (TPSA) is 84.9 Å². The Balaban J connectivity index is 1.48. The monoisotopic (exact) mass is 464 g/mol. The first-order valence-electron chi connectivity index (χ1n) is 10.8. The van der Waals surface area contributed by atoms with Gasteiger partial charge < -0.3 is 14.8 Å². The van der Waals surface area contributed by atoms with E-state index in [0.717, 1.165) is 11.1 Å². The molecule has 0 bridgehead atoms. The van der Waals surface area contributed by atoms with Crippen molar-refractivity contribution >= 4 is 21.6 Å². The molecule has 1 saturated heterocycles. The minimum Gasteiger partial charge on any atom is -0.457 e. The average molecular weight is 465 g/mol. The predicted molar refractivity (Wildman–Crippen MR) is 124 cm³/mol. The number of sulfonamides is 1. The molecule has 1 amide bonds. The van der Waals surface area contributed by atoms with Crippen LogP contribution in [-0.4, -0.2) is 44.9 Å². The number of rotatable bonds is 4. The van der Waals surface area contributed by atoms with Crippen molar-refractivity contribution in [1.29, 1.82) is 0 Å². The van der Waals surface area contributed by atoms with E-state index >= 15 is 0 Å². The second-order valence-electron chi connectivity index (χ2n) is 8.10. The van der Waals surface area contributed by atoms with Crippen molar-refractivity contribution in [2.24, 2.45) is 0 Å². The molecule has 1 N–H and O–H groups in total. The normalized spacial score (nSPS) is 16.4. The van der Waals surface area contributed by atoms with Crippen LogP contribution in [0, 0.1) is 6.92 Å². The zero-order valence-electron chi connectivity index (χ0n) is 18.2. The number of nitrogens with zero attached hydrogens (tertiary/aromatic N) is 1. The van der Waals surface area contributed by atoms with Gasteiger partial charge in [-0.25, -0.2) is 8.42 Å². The summed E-state index contributed by atoms with van der Waals surface area (Å²) in [6, 6.07) is 19.9. The van der Waals surface area contributed by atoms with Crippen molar-refractivity contribution in [1.82, 2.24) is 4.31 Å². The van der Waals surface area contributed by atoms with Gasteiger partial charge in [-0.1, -0.05) is 42.5 Å². The van der Waals surface area contributed by atoms with Crippen LogP contribution in [0.2, 0.25) is 0 Å². The quantitative estimate of drug-likeness (QED) is 0.633. The first-order valence-corrected chi connectivity index (χ1v) is 12.2. The summed E-state index contributed by atoms with van der Waals surface area (Å²) in [5.74, 6) is 0.440. The first-order chi connectivity index (χ1) is 15.9. The Morgan fingerprint density at radius 3 is 2.18 bits per heavy atom. The number of anilines is 1. The molecule has 0 spiro atoms. The van der Waals surface area contributed by atoms with Crippen molar-refractivity contribution < 1.29 is 22.7 Å². The maximum absolute atomic E-state index is 13.5. The number of carbonyl (C=O) groups excluding carboxylic acids is 1. The number of para-hydroxylation sites is 2. The summed E-state index contributed by atoms with van der Waals surface area (Å²) in [6.07, 6.45) is 0. The van der Waals surface area contributed by atoms with Gasteiger partial charge in [0.25, 0.3) is 0 Å². The van der Waals surface area contributed by atoms with Gasteiger partial charge in [0.2, 0.25) is 15.9 Å².